The number of phenols is 1. The van der Waals surface area contributed by atoms with E-state index >= 15 is 0 Å². The van der Waals surface area contributed by atoms with Crippen LogP contribution < -0.4 is 15.4 Å². The fourth-order valence-corrected chi connectivity index (χ4v) is 7.54. The third-order valence-electron chi connectivity index (χ3n) is 9.72. The van der Waals surface area contributed by atoms with Crippen molar-refractivity contribution in [1.29, 1.82) is 0 Å². The van der Waals surface area contributed by atoms with Crippen molar-refractivity contribution in [3.8, 4) is 11.5 Å². The molecule has 3 aliphatic carbocycles. The van der Waals surface area contributed by atoms with E-state index < -0.39 is 53.5 Å². The molecule has 43 heavy (non-hydrogen) atoms. The van der Waals surface area contributed by atoms with Crippen LogP contribution in [0, 0.1) is 5.92 Å². The summed E-state index contributed by atoms with van der Waals surface area (Å²) >= 11 is 0. The van der Waals surface area contributed by atoms with Crippen molar-refractivity contribution < 1.29 is 44.0 Å². The lowest BCUT2D eigenvalue weighted by atomic mass is 9.50. The van der Waals surface area contributed by atoms with E-state index in [0.717, 1.165) is 24.2 Å². The molecule has 13 heteroatoms. The number of rotatable bonds is 10. The van der Waals surface area contributed by atoms with E-state index in [9.17, 15) is 29.4 Å². The molecule has 1 aromatic carbocycles. The Hall–Kier alpha value is -3.84. The molecule has 3 amide bonds. The number of likely N-dealkylation sites (N-methyl/N-ethyl adjacent to an activating group) is 1. The van der Waals surface area contributed by atoms with Crippen molar-refractivity contribution in [3.63, 3.8) is 0 Å². The number of likely N-dealkylation sites (tertiary alicyclic amines) is 1. The average Bonchev–Trinajstić information content (AvgIpc) is 3.68. The summed E-state index contributed by atoms with van der Waals surface area (Å²) in [5.41, 5.74) is -0.191. The Balaban J connectivity index is 1.17. The first-order chi connectivity index (χ1) is 20.4. The molecule has 1 unspecified atom stereocenters. The maximum Gasteiger partial charge on any atom is 0.414 e. The van der Waals surface area contributed by atoms with Crippen LogP contribution in [0.1, 0.15) is 50.2 Å². The van der Waals surface area contributed by atoms with E-state index in [1.165, 1.54) is 31.7 Å². The summed E-state index contributed by atoms with van der Waals surface area (Å²) in [7, 11) is 1.50. The minimum atomic E-state index is -1.24. The number of nitrogens with zero attached hydrogens (tertiary/aromatic N) is 2. The van der Waals surface area contributed by atoms with Crippen molar-refractivity contribution >= 4 is 23.9 Å². The number of piperidine rings is 1. The van der Waals surface area contributed by atoms with E-state index in [-0.39, 0.29) is 37.1 Å². The van der Waals surface area contributed by atoms with Crippen molar-refractivity contribution in [2.75, 3.05) is 33.2 Å². The molecule has 5 atom stereocenters. The van der Waals surface area contributed by atoms with Crippen LogP contribution in [0.4, 0.5) is 4.79 Å². The monoisotopic (exact) mass is 598 g/mol. The van der Waals surface area contributed by atoms with Crippen molar-refractivity contribution in [1.82, 2.24) is 20.4 Å². The smallest absolute Gasteiger partial charge is 0.414 e. The Kier molecular flexibility index (Phi) is 7.28. The van der Waals surface area contributed by atoms with Gasteiger partial charge < -0.3 is 40.3 Å². The topological polar surface area (TPSA) is 178 Å². The summed E-state index contributed by atoms with van der Waals surface area (Å²) in [6.07, 6.45) is 3.57. The summed E-state index contributed by atoms with van der Waals surface area (Å²) < 4.78 is 12.2. The van der Waals surface area contributed by atoms with Gasteiger partial charge in [-0.3, -0.25) is 19.3 Å². The summed E-state index contributed by atoms with van der Waals surface area (Å²) in [5, 5.41) is 37.1. The number of carboxylic acids is 1. The van der Waals surface area contributed by atoms with Gasteiger partial charge in [0.25, 0.3) is 0 Å². The summed E-state index contributed by atoms with van der Waals surface area (Å²) in [6.45, 7) is 2.93. The number of benzene rings is 1. The molecule has 1 aromatic rings. The first-order valence-electron chi connectivity index (χ1n) is 14.8. The lowest BCUT2D eigenvalue weighted by Gasteiger charge is -2.62. The van der Waals surface area contributed by atoms with Gasteiger partial charge in [0, 0.05) is 51.6 Å². The van der Waals surface area contributed by atoms with Crippen LogP contribution in [0.5, 0.6) is 11.5 Å². The highest BCUT2D eigenvalue weighted by molar-refractivity contribution is 5.90. The maximum absolute atomic E-state index is 13.2. The molecule has 0 radical (unpaired) electrons. The molecule has 0 aromatic heterocycles. The number of aromatic hydroxyl groups is 1. The average molecular weight is 599 g/mol. The normalized spacial score (nSPS) is 29.0. The van der Waals surface area contributed by atoms with E-state index in [1.807, 2.05) is 6.07 Å². The third-order valence-corrected chi connectivity index (χ3v) is 9.72. The number of ether oxygens (including phenoxy) is 2. The molecular formula is C30H38N4O9. The first-order valence-corrected chi connectivity index (χ1v) is 14.8. The Morgan fingerprint density at radius 3 is 2.72 bits per heavy atom. The predicted molar refractivity (Wildman–Crippen MR) is 150 cm³/mol. The van der Waals surface area contributed by atoms with Crippen molar-refractivity contribution in [3.05, 3.63) is 35.1 Å². The van der Waals surface area contributed by atoms with Gasteiger partial charge in [-0.1, -0.05) is 6.07 Å². The van der Waals surface area contributed by atoms with Crippen molar-refractivity contribution in [2.24, 2.45) is 5.92 Å². The summed E-state index contributed by atoms with van der Waals surface area (Å²) in [4.78, 5) is 51.7. The zero-order valence-electron chi connectivity index (χ0n) is 24.3. The molecular weight excluding hydrogens is 560 g/mol. The van der Waals surface area contributed by atoms with Gasteiger partial charge in [-0.05, 0) is 55.9 Å². The third kappa shape index (κ3) is 4.88. The molecule has 2 heterocycles. The highest BCUT2D eigenvalue weighted by atomic mass is 16.6. The SMILES string of the molecule is CC(=O)N[C@H](CC(=O)O)C(=O)NCCN(C)C(=O)OC1=CC[C@@]2(O)C3Cc4ccc(O)c5c4[C@@]2(CCN3CC2CC2)[C@H]1O5. The number of aliphatic hydroxyl groups is 1. The Morgan fingerprint density at radius 1 is 1.26 bits per heavy atom. The Labute approximate surface area is 248 Å². The molecule has 13 nitrogen and oxygen atoms in total. The zero-order chi connectivity index (χ0) is 30.7. The second-order valence-corrected chi connectivity index (χ2v) is 12.5. The quantitative estimate of drug-likeness (QED) is 0.256. The first kappa shape index (κ1) is 29.2. The fourth-order valence-electron chi connectivity index (χ4n) is 7.54. The molecule has 5 aliphatic rings. The number of carbonyl (C=O) groups is 4. The summed E-state index contributed by atoms with van der Waals surface area (Å²) in [5.74, 6) is -1.20. The van der Waals surface area contributed by atoms with Gasteiger partial charge >= 0.3 is 12.1 Å². The number of carbonyl (C=O) groups excluding carboxylic acids is 3. The molecule has 2 fully saturated rings. The van der Waals surface area contributed by atoms with E-state index in [4.69, 9.17) is 14.6 Å². The fraction of sp³-hybridized carbons (Fsp3) is 0.600. The molecule has 2 bridgehead atoms. The van der Waals surface area contributed by atoms with Crippen LogP contribution in [0.25, 0.3) is 0 Å². The lowest BCUT2D eigenvalue weighted by Crippen LogP contribution is -2.75. The number of hydrogen-bond acceptors (Lipinski definition) is 9. The second kappa shape index (κ2) is 10.7. The highest BCUT2D eigenvalue weighted by Crippen LogP contribution is 2.65. The van der Waals surface area contributed by atoms with Crippen molar-refractivity contribution in [2.45, 2.75) is 74.7 Å². The molecule has 1 saturated heterocycles. The number of aliphatic carboxylic acids is 1. The minimum absolute atomic E-state index is 0.00994. The minimum Gasteiger partial charge on any atom is -0.504 e. The van der Waals surface area contributed by atoms with Crippen LogP contribution in [0.3, 0.4) is 0 Å². The van der Waals surface area contributed by atoms with Gasteiger partial charge in [0.05, 0.1) is 17.4 Å². The van der Waals surface area contributed by atoms with E-state index in [1.54, 1.807) is 12.1 Å². The molecule has 6 rings (SSSR count). The summed E-state index contributed by atoms with van der Waals surface area (Å²) in [6, 6.07) is 2.17. The number of phenolic OH excluding ortho intramolecular Hbond substituents is 1. The Morgan fingerprint density at radius 2 is 2.02 bits per heavy atom. The number of carboxylic acid groups (broad SMARTS) is 1. The molecule has 232 valence electrons. The maximum atomic E-state index is 13.2. The van der Waals surface area contributed by atoms with Gasteiger partial charge in [0.1, 0.15) is 11.8 Å². The van der Waals surface area contributed by atoms with Crippen LogP contribution in [0.2, 0.25) is 0 Å². The predicted octanol–water partition coefficient (Wildman–Crippen LogP) is 0.614. The van der Waals surface area contributed by atoms with Gasteiger partial charge in [-0.25, -0.2) is 4.79 Å². The van der Waals surface area contributed by atoms with Gasteiger partial charge in [0.2, 0.25) is 11.8 Å². The van der Waals surface area contributed by atoms with Crippen LogP contribution in [-0.2, 0) is 31.0 Å². The Bertz CT molecular complexity index is 1380. The van der Waals surface area contributed by atoms with E-state index in [2.05, 4.69) is 15.5 Å². The van der Waals surface area contributed by atoms with Crippen LogP contribution in [0.15, 0.2) is 24.0 Å². The van der Waals surface area contributed by atoms with Crippen LogP contribution in [-0.4, -0.2) is 106 Å². The van der Waals surface area contributed by atoms with Crippen LogP contribution >= 0.6 is 0 Å². The molecule has 1 saturated carbocycles. The van der Waals surface area contributed by atoms with E-state index in [0.29, 0.717) is 24.5 Å². The second-order valence-electron chi connectivity index (χ2n) is 12.5. The lowest BCUT2D eigenvalue weighted by molar-refractivity contribution is -0.169. The standard InChI is InChI=1S/C30H38N4O9/c1-16(35)32-19(14-23(37)38)27(39)31-10-12-33(2)28(40)42-21-7-8-30(41)22-13-18-5-6-20(36)25-24(18)29(30,26(21)43-25)9-11-34(22)15-17-3-4-17/h5-7,17,19,22,26,36,41H,3-4,8-15H2,1-2H3,(H,31,39)(H,32,35)(H,37,38)/t19-,22?,26+,29+,30-/m1/s1. The molecule has 5 N–H and O–H groups in total. The number of amides is 3. The number of hydrogen-bond donors (Lipinski definition) is 5. The molecule has 1 spiro atoms. The molecule has 2 aliphatic heterocycles. The zero-order valence-corrected chi connectivity index (χ0v) is 24.3. The number of nitrogens with one attached hydrogen (secondary N) is 2. The van der Waals surface area contributed by atoms with Gasteiger partial charge in [-0.15, -0.1) is 0 Å². The van der Waals surface area contributed by atoms with Gasteiger partial charge in [-0.2, -0.15) is 0 Å². The largest absolute Gasteiger partial charge is 0.504 e. The highest BCUT2D eigenvalue weighted by Gasteiger charge is 2.72. The van der Waals surface area contributed by atoms with Gasteiger partial charge in [0.15, 0.2) is 17.6 Å².